The number of H-pyrrole nitrogens is 1. The average Bonchev–Trinajstić information content (AvgIpc) is 3.20. The van der Waals surface area contributed by atoms with Crippen LogP contribution in [-0.4, -0.2) is 43.6 Å². The van der Waals surface area contributed by atoms with Gasteiger partial charge >= 0.3 is 0 Å². The molecule has 2 aromatic rings. The normalized spacial score (nSPS) is 15.3. The van der Waals surface area contributed by atoms with Gasteiger partial charge in [0.2, 0.25) is 5.75 Å². The summed E-state index contributed by atoms with van der Waals surface area (Å²) in [7, 11) is 4.66. The second-order valence-corrected chi connectivity index (χ2v) is 8.02. The van der Waals surface area contributed by atoms with Crippen LogP contribution in [-0.2, 0) is 12.8 Å². The average molecular weight is 443 g/mol. The van der Waals surface area contributed by atoms with Crippen molar-refractivity contribution in [3.05, 3.63) is 34.6 Å². The van der Waals surface area contributed by atoms with Crippen LogP contribution in [0.1, 0.15) is 78.7 Å². The minimum absolute atomic E-state index is 0.307. The van der Waals surface area contributed by atoms with E-state index in [0.717, 1.165) is 36.9 Å². The Morgan fingerprint density at radius 3 is 2.12 bits per heavy atom. The second-order valence-electron chi connectivity index (χ2n) is 8.02. The molecule has 2 N–H and O–H groups in total. The molecule has 1 amide bonds. The number of aromatic nitrogens is 2. The molecule has 0 bridgehead atoms. The number of rotatable bonds is 6. The van der Waals surface area contributed by atoms with E-state index in [-0.39, 0.29) is 5.91 Å². The number of aryl methyl sites for hydroxylation is 1. The number of hydrazone groups is 1. The number of nitrogens with one attached hydrogen (secondary N) is 2. The first-order valence-corrected chi connectivity index (χ1v) is 11.4. The van der Waals surface area contributed by atoms with Crippen LogP contribution in [0.25, 0.3) is 0 Å². The van der Waals surface area contributed by atoms with Gasteiger partial charge < -0.3 is 14.2 Å². The summed E-state index contributed by atoms with van der Waals surface area (Å²) in [6.07, 6.45) is 13.1. The van der Waals surface area contributed by atoms with Gasteiger partial charge in [-0.1, -0.05) is 38.5 Å². The first-order chi connectivity index (χ1) is 15.7. The molecule has 1 heterocycles. The van der Waals surface area contributed by atoms with E-state index in [0.29, 0.717) is 28.5 Å². The van der Waals surface area contributed by atoms with Gasteiger partial charge in [0.15, 0.2) is 17.2 Å². The number of methoxy groups -OCH3 is 3. The Hall–Kier alpha value is -3.03. The highest BCUT2D eigenvalue weighted by atomic mass is 16.5. The third-order valence-electron chi connectivity index (χ3n) is 5.84. The molecule has 0 spiro atoms. The fraction of sp³-hybridized carbons (Fsp3) is 0.542. The highest BCUT2D eigenvalue weighted by Crippen LogP contribution is 2.37. The molecule has 1 aromatic heterocycles. The van der Waals surface area contributed by atoms with E-state index in [1.165, 1.54) is 38.5 Å². The van der Waals surface area contributed by atoms with Crippen molar-refractivity contribution in [3.63, 3.8) is 0 Å². The molecule has 1 aromatic carbocycles. The molecule has 8 nitrogen and oxygen atoms in total. The number of carbonyl (C=O) groups excluding carboxylic acids is 1. The summed E-state index contributed by atoms with van der Waals surface area (Å²) in [5.74, 6) is 1.24. The zero-order valence-electron chi connectivity index (χ0n) is 19.3. The molecule has 0 saturated heterocycles. The summed E-state index contributed by atoms with van der Waals surface area (Å²) >= 11 is 0. The van der Waals surface area contributed by atoms with Gasteiger partial charge in [0.05, 0.1) is 27.5 Å². The topological polar surface area (TPSA) is 97.8 Å². The minimum atomic E-state index is -0.307. The number of amides is 1. The van der Waals surface area contributed by atoms with Crippen LogP contribution in [0.5, 0.6) is 17.2 Å². The largest absolute Gasteiger partial charge is 0.493 e. The molecular weight excluding hydrogens is 408 g/mol. The van der Waals surface area contributed by atoms with E-state index in [4.69, 9.17) is 14.2 Å². The van der Waals surface area contributed by atoms with E-state index >= 15 is 0 Å². The second kappa shape index (κ2) is 12.1. The van der Waals surface area contributed by atoms with Crippen molar-refractivity contribution in [2.75, 3.05) is 21.3 Å². The van der Waals surface area contributed by atoms with Crippen LogP contribution in [0.15, 0.2) is 17.2 Å². The predicted octanol–water partition coefficient (Wildman–Crippen LogP) is 4.42. The lowest BCUT2D eigenvalue weighted by atomic mass is 9.98. The van der Waals surface area contributed by atoms with Crippen LogP contribution < -0.4 is 19.6 Å². The number of aromatic amines is 1. The number of benzene rings is 1. The minimum Gasteiger partial charge on any atom is -0.493 e. The molecule has 174 valence electrons. The van der Waals surface area contributed by atoms with Crippen molar-refractivity contribution >= 4 is 12.1 Å². The van der Waals surface area contributed by atoms with Gasteiger partial charge in [0.25, 0.3) is 5.91 Å². The number of carbonyl (C=O) groups is 1. The van der Waals surface area contributed by atoms with Crippen LogP contribution in [0.3, 0.4) is 0 Å². The highest BCUT2D eigenvalue weighted by molar-refractivity contribution is 5.94. The summed E-state index contributed by atoms with van der Waals surface area (Å²) in [5.41, 5.74) is 5.88. The third-order valence-corrected chi connectivity index (χ3v) is 5.84. The van der Waals surface area contributed by atoms with Gasteiger partial charge in [-0.2, -0.15) is 10.2 Å². The van der Waals surface area contributed by atoms with Crippen LogP contribution >= 0.6 is 0 Å². The Balaban J connectivity index is 1.71. The first kappa shape index (κ1) is 23.6. The van der Waals surface area contributed by atoms with E-state index < -0.39 is 0 Å². The molecule has 0 radical (unpaired) electrons. The van der Waals surface area contributed by atoms with E-state index in [1.807, 2.05) is 0 Å². The fourth-order valence-corrected chi connectivity index (χ4v) is 4.12. The van der Waals surface area contributed by atoms with Gasteiger partial charge in [-0.05, 0) is 37.8 Å². The number of nitrogens with zero attached hydrogens (tertiary/aromatic N) is 2. The van der Waals surface area contributed by atoms with Gasteiger partial charge in [-0.15, -0.1) is 0 Å². The van der Waals surface area contributed by atoms with Crippen LogP contribution in [0.4, 0.5) is 0 Å². The fourth-order valence-electron chi connectivity index (χ4n) is 4.12. The molecule has 0 atom stereocenters. The Morgan fingerprint density at radius 2 is 1.53 bits per heavy atom. The number of ether oxygens (including phenoxy) is 3. The molecule has 1 aliphatic carbocycles. The Bertz CT molecular complexity index is 898. The van der Waals surface area contributed by atoms with Crippen molar-refractivity contribution in [2.45, 2.75) is 64.2 Å². The zero-order chi connectivity index (χ0) is 22.8. The van der Waals surface area contributed by atoms with Gasteiger partial charge in [-0.3, -0.25) is 9.89 Å². The van der Waals surface area contributed by atoms with E-state index in [2.05, 4.69) is 20.7 Å². The van der Waals surface area contributed by atoms with Crippen LogP contribution in [0.2, 0.25) is 0 Å². The standard InChI is InChI=1S/C24H34N4O4/c1-30-20-14-17(15-21(31-2)23(20)32-3)16-25-28-24(29)22-18-12-10-8-6-4-5-7-9-11-13-19(18)26-27-22/h14-16H,4-13H2,1-3H3,(H,26,27)(H,28,29)/b25-16+. The molecule has 0 saturated carbocycles. The number of hydrogen-bond acceptors (Lipinski definition) is 6. The zero-order valence-corrected chi connectivity index (χ0v) is 19.3. The first-order valence-electron chi connectivity index (χ1n) is 11.4. The maximum absolute atomic E-state index is 12.8. The lowest BCUT2D eigenvalue weighted by Gasteiger charge is -2.12. The summed E-state index contributed by atoms with van der Waals surface area (Å²) < 4.78 is 16.0. The molecule has 1 aliphatic rings. The number of hydrogen-bond donors (Lipinski definition) is 2. The number of fused-ring (bicyclic) bond motifs is 1. The van der Waals surface area contributed by atoms with Crippen LogP contribution in [0, 0.1) is 0 Å². The van der Waals surface area contributed by atoms with E-state index in [9.17, 15) is 4.79 Å². The molecule has 32 heavy (non-hydrogen) atoms. The smallest absolute Gasteiger partial charge is 0.292 e. The van der Waals surface area contributed by atoms with Gasteiger partial charge in [0, 0.05) is 16.8 Å². The Labute approximate surface area is 189 Å². The predicted molar refractivity (Wildman–Crippen MR) is 124 cm³/mol. The SMILES string of the molecule is COc1cc(/C=N/NC(=O)c2n[nH]c3c2CCCCCCCCCC3)cc(OC)c1OC. The monoisotopic (exact) mass is 442 g/mol. The van der Waals surface area contributed by atoms with Crippen molar-refractivity contribution in [1.82, 2.24) is 15.6 Å². The summed E-state index contributed by atoms with van der Waals surface area (Å²) in [6.45, 7) is 0. The molecule has 0 fully saturated rings. The molecule has 0 unspecified atom stereocenters. The highest BCUT2D eigenvalue weighted by Gasteiger charge is 2.19. The summed E-state index contributed by atoms with van der Waals surface area (Å²) in [5, 5.41) is 11.6. The Morgan fingerprint density at radius 1 is 0.938 bits per heavy atom. The van der Waals surface area contributed by atoms with Crippen molar-refractivity contribution in [2.24, 2.45) is 5.10 Å². The molecule has 3 rings (SSSR count). The maximum Gasteiger partial charge on any atom is 0.292 e. The summed E-state index contributed by atoms with van der Waals surface area (Å²) in [6, 6.07) is 3.53. The summed E-state index contributed by atoms with van der Waals surface area (Å²) in [4.78, 5) is 12.8. The lowest BCUT2D eigenvalue weighted by molar-refractivity contribution is 0.0949. The van der Waals surface area contributed by atoms with E-state index in [1.54, 1.807) is 39.7 Å². The van der Waals surface area contributed by atoms with Crippen molar-refractivity contribution < 1.29 is 19.0 Å². The molecule has 0 aliphatic heterocycles. The third kappa shape index (κ3) is 6.02. The van der Waals surface area contributed by atoms with Gasteiger partial charge in [0.1, 0.15) is 0 Å². The van der Waals surface area contributed by atoms with Crippen molar-refractivity contribution in [1.29, 1.82) is 0 Å². The van der Waals surface area contributed by atoms with Crippen molar-refractivity contribution in [3.8, 4) is 17.2 Å². The maximum atomic E-state index is 12.8. The quantitative estimate of drug-likeness (QED) is 0.510. The molecule has 8 heteroatoms. The Kier molecular flexibility index (Phi) is 8.95. The molecular formula is C24H34N4O4. The lowest BCUT2D eigenvalue weighted by Crippen LogP contribution is -2.20. The van der Waals surface area contributed by atoms with Gasteiger partial charge in [-0.25, -0.2) is 5.43 Å².